The molecule has 1 radical (unpaired) electrons. The SMILES string of the molecule is C=CS(=O)(=O)N[C]=O. The monoisotopic (exact) mass is 134 g/mol. The fraction of sp³-hybridized carbons (Fsp3) is 0. The third-order valence-electron chi connectivity index (χ3n) is 0.403. The second kappa shape index (κ2) is 2.46. The van der Waals surface area contributed by atoms with Gasteiger partial charge in [-0.3, -0.25) is 4.79 Å². The number of hydrogen-bond acceptors (Lipinski definition) is 3. The molecule has 0 rings (SSSR count). The molecular formula is C3H4NO3S. The highest BCUT2D eigenvalue weighted by Gasteiger charge is 1.97. The highest BCUT2D eigenvalue weighted by Crippen LogP contribution is 1.77. The zero-order valence-electron chi connectivity index (χ0n) is 3.92. The zero-order valence-corrected chi connectivity index (χ0v) is 4.73. The number of nitrogens with one attached hydrogen (secondary N) is 1. The highest BCUT2D eigenvalue weighted by atomic mass is 32.2. The van der Waals surface area contributed by atoms with Gasteiger partial charge in [0.2, 0.25) is 0 Å². The number of carbonyl (C=O) groups excluding carboxylic acids is 1. The molecule has 5 heteroatoms. The van der Waals surface area contributed by atoms with Crippen LogP contribution in [0.5, 0.6) is 0 Å². The maximum Gasteiger partial charge on any atom is 0.324 e. The van der Waals surface area contributed by atoms with Crippen molar-refractivity contribution in [3.05, 3.63) is 12.0 Å². The van der Waals surface area contributed by atoms with E-state index in [-0.39, 0.29) is 0 Å². The fourth-order valence-electron chi connectivity index (χ4n) is 0.0997. The van der Waals surface area contributed by atoms with Crippen LogP contribution in [0, 0.1) is 0 Å². The summed E-state index contributed by atoms with van der Waals surface area (Å²) in [6.07, 6.45) is 1.000. The molecule has 0 aliphatic rings. The van der Waals surface area contributed by atoms with Gasteiger partial charge in [0, 0.05) is 5.41 Å². The minimum atomic E-state index is -3.58. The molecular weight excluding hydrogens is 130 g/mol. The van der Waals surface area contributed by atoms with Crippen molar-refractivity contribution < 1.29 is 13.2 Å². The van der Waals surface area contributed by atoms with Crippen LogP contribution in [-0.2, 0) is 14.8 Å². The van der Waals surface area contributed by atoms with Gasteiger partial charge in [-0.2, -0.15) is 0 Å². The van der Waals surface area contributed by atoms with E-state index in [1.54, 1.807) is 0 Å². The quantitative estimate of drug-likeness (QED) is 0.509. The Hall–Kier alpha value is -0.840. The lowest BCUT2D eigenvalue weighted by Gasteiger charge is -1.87. The zero-order chi connectivity index (χ0) is 6.62. The van der Waals surface area contributed by atoms with Crippen molar-refractivity contribution in [2.45, 2.75) is 0 Å². The molecule has 1 N–H and O–H groups in total. The molecule has 0 aromatic rings. The predicted molar refractivity (Wildman–Crippen MR) is 27.9 cm³/mol. The summed E-state index contributed by atoms with van der Waals surface area (Å²) >= 11 is 0. The Morgan fingerprint density at radius 1 is 1.62 bits per heavy atom. The molecule has 0 fully saturated rings. The second-order valence-corrected chi connectivity index (χ2v) is 2.54. The normalized spacial score (nSPS) is 10.0. The largest absolute Gasteiger partial charge is 0.324 e. The first-order chi connectivity index (χ1) is 3.62. The van der Waals surface area contributed by atoms with Crippen molar-refractivity contribution in [2.24, 2.45) is 0 Å². The van der Waals surface area contributed by atoms with Crippen LogP contribution in [0.2, 0.25) is 0 Å². The van der Waals surface area contributed by atoms with E-state index in [0.717, 1.165) is 6.41 Å². The Balaban J connectivity index is 4.15. The van der Waals surface area contributed by atoms with Gasteiger partial charge in [-0.05, 0) is 0 Å². The van der Waals surface area contributed by atoms with Crippen molar-refractivity contribution in [2.75, 3.05) is 0 Å². The van der Waals surface area contributed by atoms with Crippen molar-refractivity contribution in [1.29, 1.82) is 0 Å². The summed E-state index contributed by atoms with van der Waals surface area (Å²) in [5.41, 5.74) is 0. The molecule has 0 aromatic heterocycles. The van der Waals surface area contributed by atoms with Crippen LogP contribution in [0.25, 0.3) is 0 Å². The Morgan fingerprint density at radius 3 is 2.25 bits per heavy atom. The molecule has 0 aromatic carbocycles. The van der Waals surface area contributed by atoms with Crippen LogP contribution >= 0.6 is 0 Å². The molecule has 1 amide bonds. The Morgan fingerprint density at radius 2 is 2.12 bits per heavy atom. The van der Waals surface area contributed by atoms with Gasteiger partial charge in [0.05, 0.1) is 0 Å². The summed E-state index contributed by atoms with van der Waals surface area (Å²) in [5, 5.41) is 0.623. The van der Waals surface area contributed by atoms with Crippen LogP contribution in [0.3, 0.4) is 0 Å². The molecule has 4 nitrogen and oxygen atoms in total. The molecule has 0 heterocycles. The third kappa shape index (κ3) is 2.35. The van der Waals surface area contributed by atoms with Gasteiger partial charge in [-0.15, -0.1) is 0 Å². The summed E-state index contributed by atoms with van der Waals surface area (Å²) in [6.45, 7) is 2.92. The Kier molecular flexibility index (Phi) is 2.20. The van der Waals surface area contributed by atoms with Gasteiger partial charge in [0.15, 0.2) is 0 Å². The van der Waals surface area contributed by atoms with E-state index >= 15 is 0 Å². The van der Waals surface area contributed by atoms with Gasteiger partial charge in [0.25, 0.3) is 10.0 Å². The molecule has 0 bridgehead atoms. The maximum atomic E-state index is 10.1. The molecule has 0 unspecified atom stereocenters. The molecule has 45 valence electrons. The minimum absolute atomic E-state index is 0.623. The van der Waals surface area contributed by atoms with Crippen molar-refractivity contribution in [3.8, 4) is 0 Å². The lowest BCUT2D eigenvalue weighted by atomic mass is 11.3. The first kappa shape index (κ1) is 7.16. The Labute approximate surface area is 47.3 Å². The second-order valence-electron chi connectivity index (χ2n) is 0.916. The molecule has 8 heavy (non-hydrogen) atoms. The summed E-state index contributed by atoms with van der Waals surface area (Å²) in [7, 11) is -3.58. The molecule has 0 spiro atoms. The van der Waals surface area contributed by atoms with Crippen LogP contribution in [0.1, 0.15) is 0 Å². The first-order valence-corrected chi connectivity index (χ1v) is 3.18. The number of amides is 1. The van der Waals surface area contributed by atoms with Gasteiger partial charge in [-0.1, -0.05) is 6.58 Å². The number of rotatable bonds is 3. The van der Waals surface area contributed by atoms with Crippen LogP contribution in [0.4, 0.5) is 0 Å². The van der Waals surface area contributed by atoms with E-state index in [2.05, 4.69) is 6.58 Å². The molecule has 0 atom stereocenters. The van der Waals surface area contributed by atoms with Gasteiger partial charge < -0.3 is 0 Å². The van der Waals surface area contributed by atoms with E-state index in [0.29, 0.717) is 5.41 Å². The lowest BCUT2D eigenvalue weighted by molar-refractivity contribution is 0.548. The number of hydrogen-bond donors (Lipinski definition) is 1. The van der Waals surface area contributed by atoms with Gasteiger partial charge in [-0.25, -0.2) is 13.1 Å². The highest BCUT2D eigenvalue weighted by molar-refractivity contribution is 7.92. The van der Waals surface area contributed by atoms with Gasteiger partial charge >= 0.3 is 6.41 Å². The van der Waals surface area contributed by atoms with Gasteiger partial charge in [0.1, 0.15) is 0 Å². The average Bonchev–Trinajstić information content (AvgIpc) is 1.67. The maximum absolute atomic E-state index is 10.1. The molecule has 0 saturated carbocycles. The number of sulfonamides is 1. The average molecular weight is 134 g/mol. The van der Waals surface area contributed by atoms with E-state index < -0.39 is 10.0 Å². The van der Waals surface area contributed by atoms with Crippen molar-refractivity contribution >= 4 is 16.4 Å². The van der Waals surface area contributed by atoms with Crippen LogP contribution in [-0.4, -0.2) is 14.8 Å². The van der Waals surface area contributed by atoms with Crippen LogP contribution in [0.15, 0.2) is 12.0 Å². The minimum Gasteiger partial charge on any atom is -0.262 e. The smallest absolute Gasteiger partial charge is 0.262 e. The lowest BCUT2D eigenvalue weighted by Crippen LogP contribution is -2.18. The summed E-state index contributed by atoms with van der Waals surface area (Å²) < 4.78 is 21.6. The van der Waals surface area contributed by atoms with Crippen molar-refractivity contribution in [1.82, 2.24) is 4.72 Å². The van der Waals surface area contributed by atoms with Crippen molar-refractivity contribution in [3.63, 3.8) is 0 Å². The van der Waals surface area contributed by atoms with E-state index in [1.165, 1.54) is 4.72 Å². The fourth-order valence-corrected chi connectivity index (χ4v) is 0.299. The summed E-state index contributed by atoms with van der Waals surface area (Å²) in [6, 6.07) is 0. The summed E-state index contributed by atoms with van der Waals surface area (Å²) in [5.74, 6) is 0. The topological polar surface area (TPSA) is 63.2 Å². The van der Waals surface area contributed by atoms with E-state index in [9.17, 15) is 13.2 Å². The molecule has 0 aliphatic carbocycles. The van der Waals surface area contributed by atoms with E-state index in [1.807, 2.05) is 0 Å². The summed E-state index contributed by atoms with van der Waals surface area (Å²) in [4.78, 5) is 9.32. The van der Waals surface area contributed by atoms with Crippen LogP contribution < -0.4 is 4.72 Å². The third-order valence-corrected chi connectivity index (χ3v) is 1.21. The predicted octanol–water partition coefficient (Wildman–Crippen LogP) is -0.883. The standard InChI is InChI=1S/C3H4NO3S/c1-2-8(6,7)4-3-5/h2H,1H2,(H,4,5). The van der Waals surface area contributed by atoms with E-state index in [4.69, 9.17) is 0 Å². The first-order valence-electron chi connectivity index (χ1n) is 1.64. The Bertz CT molecular complexity index is 181. The molecule has 0 aliphatic heterocycles. The molecule has 0 saturated heterocycles.